The number of nitrogens with zero attached hydrogens (tertiary/aromatic N) is 6. The van der Waals surface area contributed by atoms with Gasteiger partial charge in [0, 0.05) is 17.5 Å². The summed E-state index contributed by atoms with van der Waals surface area (Å²) >= 11 is 6.28. The molecule has 1 aromatic carbocycles. The van der Waals surface area contributed by atoms with Gasteiger partial charge in [0.25, 0.3) is 5.91 Å². The number of nitrogens with one attached hydrogen (secondary N) is 2. The third-order valence-corrected chi connectivity index (χ3v) is 6.41. The normalized spacial score (nSPS) is 14.7. The zero-order chi connectivity index (χ0) is 25.3. The average molecular weight is 497 g/mol. The number of pyridine rings is 1. The van der Waals surface area contributed by atoms with Crippen molar-refractivity contribution < 1.29 is 4.79 Å². The summed E-state index contributed by atoms with van der Waals surface area (Å²) in [6, 6.07) is 16.7. The summed E-state index contributed by atoms with van der Waals surface area (Å²) in [5, 5.41) is 30.3. The van der Waals surface area contributed by atoms with E-state index in [0.717, 1.165) is 11.1 Å². The third kappa shape index (κ3) is 4.38. The number of piperidine rings is 1. The van der Waals surface area contributed by atoms with Gasteiger partial charge in [0.05, 0.1) is 23.3 Å². The van der Waals surface area contributed by atoms with Gasteiger partial charge in [-0.3, -0.25) is 4.79 Å². The maximum absolute atomic E-state index is 13.2. The topological polar surface area (TPSA) is 132 Å². The smallest absolute Gasteiger partial charge is 0.271 e. The van der Waals surface area contributed by atoms with Gasteiger partial charge in [-0.25, -0.2) is 14.5 Å². The molecule has 36 heavy (non-hydrogen) atoms. The Labute approximate surface area is 212 Å². The summed E-state index contributed by atoms with van der Waals surface area (Å²) in [6.07, 6.45) is 2.70. The van der Waals surface area contributed by atoms with E-state index >= 15 is 0 Å². The summed E-state index contributed by atoms with van der Waals surface area (Å²) in [4.78, 5) is 22.1. The fraction of sp³-hybridized carbons (Fsp3) is 0.231. The standard InChI is InChI=1S/C26H21ClN8O/c1-16-11-19(13-21(27)31-16)22-23(18-4-2-3-17(12-18)14-28)34-35-10-5-20(32-24(22)35)25(36)33-26(15-29)6-8-30-9-7-26/h2-5,10-13,30H,6-9H2,1H3,(H,33,36). The predicted molar refractivity (Wildman–Crippen MR) is 134 cm³/mol. The molecule has 0 saturated carbocycles. The minimum absolute atomic E-state index is 0.172. The summed E-state index contributed by atoms with van der Waals surface area (Å²) in [6.45, 7) is 3.14. The molecule has 9 nitrogen and oxygen atoms in total. The maximum Gasteiger partial charge on any atom is 0.271 e. The molecule has 1 aliphatic rings. The summed E-state index contributed by atoms with van der Waals surface area (Å²) < 4.78 is 1.59. The molecule has 178 valence electrons. The van der Waals surface area contributed by atoms with Gasteiger partial charge in [0.15, 0.2) is 5.65 Å². The van der Waals surface area contributed by atoms with Crippen LogP contribution in [-0.4, -0.2) is 44.1 Å². The number of carbonyl (C=O) groups is 1. The Morgan fingerprint density at radius 3 is 2.67 bits per heavy atom. The van der Waals surface area contributed by atoms with E-state index in [1.807, 2.05) is 19.1 Å². The van der Waals surface area contributed by atoms with Crippen LogP contribution >= 0.6 is 11.6 Å². The molecule has 4 aromatic rings. The largest absolute Gasteiger partial charge is 0.332 e. The molecule has 0 atom stereocenters. The van der Waals surface area contributed by atoms with E-state index in [1.54, 1.807) is 41.0 Å². The van der Waals surface area contributed by atoms with E-state index in [4.69, 9.17) is 16.7 Å². The number of rotatable bonds is 4. The van der Waals surface area contributed by atoms with Gasteiger partial charge >= 0.3 is 0 Å². The van der Waals surface area contributed by atoms with Crippen LogP contribution in [0.5, 0.6) is 0 Å². The minimum Gasteiger partial charge on any atom is -0.332 e. The van der Waals surface area contributed by atoms with Crippen LogP contribution in [-0.2, 0) is 0 Å². The third-order valence-electron chi connectivity index (χ3n) is 6.22. The van der Waals surface area contributed by atoms with Crippen molar-refractivity contribution in [1.82, 2.24) is 30.2 Å². The van der Waals surface area contributed by atoms with Gasteiger partial charge in [-0.15, -0.1) is 0 Å². The number of aromatic nitrogens is 4. The Balaban J connectivity index is 1.66. The lowest BCUT2D eigenvalue weighted by atomic mass is 9.90. The molecule has 0 spiro atoms. The maximum atomic E-state index is 13.2. The van der Waals surface area contributed by atoms with Gasteiger partial charge < -0.3 is 10.6 Å². The molecule has 0 bridgehead atoms. The molecule has 1 amide bonds. The molecular weight excluding hydrogens is 476 g/mol. The van der Waals surface area contributed by atoms with Crippen molar-refractivity contribution in [3.8, 4) is 34.5 Å². The van der Waals surface area contributed by atoms with Crippen molar-refractivity contribution in [2.45, 2.75) is 25.3 Å². The van der Waals surface area contributed by atoms with Crippen molar-refractivity contribution in [1.29, 1.82) is 10.5 Å². The van der Waals surface area contributed by atoms with E-state index in [2.05, 4.69) is 32.7 Å². The van der Waals surface area contributed by atoms with Gasteiger partial charge in [-0.1, -0.05) is 23.7 Å². The molecule has 5 rings (SSSR count). The molecule has 0 aliphatic carbocycles. The van der Waals surface area contributed by atoms with Crippen LogP contribution in [0, 0.1) is 29.6 Å². The second-order valence-corrected chi connectivity index (χ2v) is 9.10. The van der Waals surface area contributed by atoms with E-state index in [0.29, 0.717) is 59.2 Å². The zero-order valence-corrected chi connectivity index (χ0v) is 20.2. The number of nitriles is 2. The lowest BCUT2D eigenvalue weighted by Gasteiger charge is -2.31. The Bertz CT molecular complexity index is 1550. The number of fused-ring (bicyclic) bond motifs is 1. The first-order valence-electron chi connectivity index (χ1n) is 11.4. The van der Waals surface area contributed by atoms with Crippen LogP contribution in [0.1, 0.15) is 34.6 Å². The number of aryl methyl sites for hydroxylation is 1. The highest BCUT2D eigenvalue weighted by atomic mass is 35.5. The van der Waals surface area contributed by atoms with Crippen LogP contribution in [0.4, 0.5) is 0 Å². The zero-order valence-electron chi connectivity index (χ0n) is 19.4. The second kappa shape index (κ2) is 9.38. The van der Waals surface area contributed by atoms with Crippen molar-refractivity contribution >= 4 is 23.2 Å². The van der Waals surface area contributed by atoms with Gasteiger partial charge in [-0.05, 0) is 68.8 Å². The summed E-state index contributed by atoms with van der Waals surface area (Å²) in [5.74, 6) is -0.426. The molecule has 4 heterocycles. The van der Waals surface area contributed by atoms with Crippen LogP contribution in [0.25, 0.3) is 28.0 Å². The minimum atomic E-state index is -0.933. The molecule has 0 radical (unpaired) electrons. The van der Waals surface area contributed by atoms with Gasteiger partial charge in [-0.2, -0.15) is 15.6 Å². The van der Waals surface area contributed by atoms with E-state index in [1.165, 1.54) is 0 Å². The van der Waals surface area contributed by atoms with Crippen molar-refractivity contribution in [2.24, 2.45) is 0 Å². The van der Waals surface area contributed by atoms with Crippen LogP contribution < -0.4 is 10.6 Å². The molecule has 1 saturated heterocycles. The highest BCUT2D eigenvalue weighted by molar-refractivity contribution is 6.29. The lowest BCUT2D eigenvalue weighted by Crippen LogP contribution is -2.53. The van der Waals surface area contributed by atoms with Crippen LogP contribution in [0.2, 0.25) is 5.15 Å². The lowest BCUT2D eigenvalue weighted by molar-refractivity contribution is 0.0901. The molecule has 0 unspecified atom stereocenters. The van der Waals surface area contributed by atoms with E-state index in [-0.39, 0.29) is 5.69 Å². The summed E-state index contributed by atoms with van der Waals surface area (Å²) in [5.41, 5.74) is 3.60. The van der Waals surface area contributed by atoms with Crippen LogP contribution in [0.15, 0.2) is 48.7 Å². The van der Waals surface area contributed by atoms with Crippen molar-refractivity contribution in [2.75, 3.05) is 13.1 Å². The molecular formula is C26H21ClN8O. The molecule has 1 fully saturated rings. The fourth-order valence-corrected chi connectivity index (χ4v) is 4.68. The van der Waals surface area contributed by atoms with E-state index in [9.17, 15) is 15.3 Å². The number of halogens is 1. The average Bonchev–Trinajstić information content (AvgIpc) is 3.27. The van der Waals surface area contributed by atoms with Crippen LogP contribution in [0.3, 0.4) is 0 Å². The monoisotopic (exact) mass is 496 g/mol. The molecule has 10 heteroatoms. The fourth-order valence-electron chi connectivity index (χ4n) is 4.43. The Hall–Kier alpha value is -4.31. The number of hydrogen-bond donors (Lipinski definition) is 2. The first-order chi connectivity index (χ1) is 17.4. The van der Waals surface area contributed by atoms with E-state index < -0.39 is 11.4 Å². The predicted octanol–water partition coefficient (Wildman–Crippen LogP) is 3.67. The number of hydrogen-bond acceptors (Lipinski definition) is 7. The van der Waals surface area contributed by atoms with Crippen molar-refractivity contribution in [3.63, 3.8) is 0 Å². The second-order valence-electron chi connectivity index (χ2n) is 8.72. The number of amides is 1. The quantitative estimate of drug-likeness (QED) is 0.412. The highest BCUT2D eigenvalue weighted by Crippen LogP contribution is 2.36. The molecule has 1 aliphatic heterocycles. The Morgan fingerprint density at radius 2 is 1.94 bits per heavy atom. The van der Waals surface area contributed by atoms with Gasteiger partial charge in [0.1, 0.15) is 22.1 Å². The Kier molecular flexibility index (Phi) is 6.11. The molecule has 2 N–H and O–H groups in total. The number of benzene rings is 1. The van der Waals surface area contributed by atoms with Crippen molar-refractivity contribution in [3.05, 3.63) is 70.8 Å². The van der Waals surface area contributed by atoms with Gasteiger partial charge in [0.2, 0.25) is 0 Å². The SMILES string of the molecule is Cc1cc(-c2c(-c3cccc(C#N)c3)nn3ccc(C(=O)NC4(C#N)CCNCC4)nc23)cc(Cl)n1. The first kappa shape index (κ1) is 23.4. The summed E-state index contributed by atoms with van der Waals surface area (Å²) in [7, 11) is 0. The highest BCUT2D eigenvalue weighted by Gasteiger charge is 2.34. The molecule has 3 aromatic heterocycles. The first-order valence-corrected chi connectivity index (χ1v) is 11.8. The number of carbonyl (C=O) groups excluding carboxylic acids is 1. The Morgan fingerprint density at radius 1 is 1.14 bits per heavy atom.